The third-order valence-corrected chi connectivity index (χ3v) is 6.80. The average Bonchev–Trinajstić information content (AvgIpc) is 2.98. The van der Waals surface area contributed by atoms with Crippen LogP contribution in [0, 0.1) is 5.92 Å². The summed E-state index contributed by atoms with van der Waals surface area (Å²) in [5.74, 6) is 0.758. The second-order valence-corrected chi connectivity index (χ2v) is 9.86. The van der Waals surface area contributed by atoms with E-state index in [2.05, 4.69) is 38.8 Å². The van der Waals surface area contributed by atoms with Crippen molar-refractivity contribution >= 4 is 27.6 Å². The molecular weight excluding hydrogens is 390 g/mol. The molecule has 2 aromatic rings. The lowest BCUT2D eigenvalue weighted by Crippen LogP contribution is -2.41. The number of pyridine rings is 2. The molecule has 1 unspecified atom stereocenters. The fraction of sp³-hybridized carbons (Fsp3) is 0.450. The van der Waals surface area contributed by atoms with E-state index >= 15 is 0 Å². The van der Waals surface area contributed by atoms with E-state index in [-0.39, 0.29) is 16.1 Å². The van der Waals surface area contributed by atoms with Crippen molar-refractivity contribution in [3.8, 4) is 0 Å². The van der Waals surface area contributed by atoms with Crippen LogP contribution >= 0.6 is 0 Å². The van der Waals surface area contributed by atoms with Gasteiger partial charge in [-0.05, 0) is 63.3 Å². The molecule has 0 aromatic carbocycles. The monoisotopic (exact) mass is 415 g/mol. The van der Waals surface area contributed by atoms with Crippen molar-refractivity contribution < 1.29 is 13.2 Å². The van der Waals surface area contributed by atoms with E-state index in [1.807, 2.05) is 0 Å². The summed E-state index contributed by atoms with van der Waals surface area (Å²) in [5, 5.41) is 2.99. The predicted octanol–water partition coefficient (Wildman–Crippen LogP) is 2.41. The van der Waals surface area contributed by atoms with Crippen LogP contribution in [0.25, 0.3) is 0 Å². The van der Waals surface area contributed by atoms with E-state index in [0.717, 1.165) is 25.8 Å². The molecule has 2 aliphatic rings. The summed E-state index contributed by atoms with van der Waals surface area (Å²) in [4.78, 5) is 23.7. The summed E-state index contributed by atoms with van der Waals surface area (Å²) in [6.07, 6.45) is 4.59. The Kier molecular flexibility index (Phi) is 4.94. The van der Waals surface area contributed by atoms with Gasteiger partial charge in [-0.1, -0.05) is 6.07 Å². The van der Waals surface area contributed by atoms with Crippen molar-refractivity contribution in [1.29, 1.82) is 0 Å². The zero-order valence-electron chi connectivity index (χ0n) is 16.6. The SMILES string of the molecule is CC1(C)CC2CCCNc3cccc(n3)S(=O)(=O)NC(=O)c3cccnc3N1C2. The highest BCUT2D eigenvalue weighted by Gasteiger charge is 2.40. The summed E-state index contributed by atoms with van der Waals surface area (Å²) in [6.45, 7) is 5.75. The third kappa shape index (κ3) is 3.91. The Morgan fingerprint density at radius 1 is 1.21 bits per heavy atom. The molecule has 154 valence electrons. The summed E-state index contributed by atoms with van der Waals surface area (Å²) in [6, 6.07) is 7.96. The quantitative estimate of drug-likeness (QED) is 0.681. The highest BCUT2D eigenvalue weighted by molar-refractivity contribution is 7.90. The fourth-order valence-electron chi connectivity index (χ4n) is 4.24. The number of carbonyl (C=O) groups excluding carboxylic acids is 1. The maximum Gasteiger partial charge on any atom is 0.281 e. The first kappa shape index (κ1) is 19.6. The van der Waals surface area contributed by atoms with Crippen molar-refractivity contribution in [3.63, 3.8) is 0 Å². The summed E-state index contributed by atoms with van der Waals surface area (Å²) in [7, 11) is -4.11. The molecule has 0 radical (unpaired) electrons. The Balaban J connectivity index is 1.78. The van der Waals surface area contributed by atoms with Gasteiger partial charge in [0.2, 0.25) is 0 Å². The van der Waals surface area contributed by atoms with Gasteiger partial charge in [-0.25, -0.2) is 14.7 Å². The first-order chi connectivity index (χ1) is 13.8. The molecule has 4 heterocycles. The molecule has 4 bridgehead atoms. The minimum Gasteiger partial charge on any atom is -0.370 e. The second kappa shape index (κ2) is 7.29. The zero-order chi connectivity index (χ0) is 20.6. The van der Waals surface area contributed by atoms with Crippen molar-refractivity contribution in [2.24, 2.45) is 5.92 Å². The standard InChI is InChI=1S/C20H25N5O3S/c1-20(2)12-14-6-4-10-21-16-8-3-9-17(23-16)29(27,28)24-19(26)15-7-5-11-22-18(15)25(20)13-14/h3,5,7-9,11,14H,4,6,10,12-13H2,1-2H3,(H,21,23)(H,24,26). The molecule has 8 nitrogen and oxygen atoms in total. The Morgan fingerprint density at radius 2 is 2.03 bits per heavy atom. The molecule has 1 atom stereocenters. The van der Waals surface area contributed by atoms with Crippen LogP contribution in [0.4, 0.5) is 11.6 Å². The number of fused-ring (bicyclic) bond motifs is 6. The number of hydrogen-bond acceptors (Lipinski definition) is 7. The summed E-state index contributed by atoms with van der Waals surface area (Å²) < 4.78 is 27.7. The maximum absolute atomic E-state index is 12.9. The lowest BCUT2D eigenvalue weighted by atomic mass is 9.93. The number of hydrogen-bond donors (Lipinski definition) is 2. The van der Waals surface area contributed by atoms with E-state index in [1.54, 1.807) is 30.5 Å². The predicted molar refractivity (Wildman–Crippen MR) is 110 cm³/mol. The molecule has 0 spiro atoms. The number of nitrogens with one attached hydrogen (secondary N) is 2. The number of sulfonamides is 1. The van der Waals surface area contributed by atoms with Gasteiger partial charge in [-0.3, -0.25) is 4.79 Å². The molecule has 29 heavy (non-hydrogen) atoms. The van der Waals surface area contributed by atoms with Crippen LogP contribution in [0.5, 0.6) is 0 Å². The smallest absolute Gasteiger partial charge is 0.281 e. The third-order valence-electron chi connectivity index (χ3n) is 5.57. The van der Waals surface area contributed by atoms with Crippen LogP contribution in [-0.4, -0.2) is 42.9 Å². The van der Waals surface area contributed by atoms with Crippen molar-refractivity contribution in [2.45, 2.75) is 43.7 Å². The van der Waals surface area contributed by atoms with Gasteiger partial charge in [-0.2, -0.15) is 8.42 Å². The first-order valence-corrected chi connectivity index (χ1v) is 11.3. The average molecular weight is 416 g/mol. The van der Waals surface area contributed by atoms with Crippen LogP contribution < -0.4 is 14.9 Å². The molecule has 1 fully saturated rings. The first-order valence-electron chi connectivity index (χ1n) is 9.77. The normalized spacial score (nSPS) is 23.2. The van der Waals surface area contributed by atoms with Crippen LogP contribution in [0.15, 0.2) is 41.6 Å². The number of nitrogens with zero attached hydrogens (tertiary/aromatic N) is 3. The molecule has 9 heteroatoms. The van der Waals surface area contributed by atoms with Gasteiger partial charge in [-0.15, -0.1) is 0 Å². The highest BCUT2D eigenvalue weighted by Crippen LogP contribution is 2.39. The number of rotatable bonds is 0. The Bertz CT molecular complexity index is 1040. The highest BCUT2D eigenvalue weighted by atomic mass is 32.2. The lowest BCUT2D eigenvalue weighted by Gasteiger charge is -2.33. The molecule has 1 saturated heterocycles. The van der Waals surface area contributed by atoms with Gasteiger partial charge in [0.05, 0.1) is 5.56 Å². The van der Waals surface area contributed by atoms with Gasteiger partial charge < -0.3 is 10.2 Å². The van der Waals surface area contributed by atoms with Crippen molar-refractivity contribution in [3.05, 3.63) is 42.1 Å². The molecule has 2 N–H and O–H groups in total. The van der Waals surface area contributed by atoms with Gasteiger partial charge in [0, 0.05) is 24.8 Å². The number of amides is 1. The molecular formula is C20H25N5O3S. The summed E-state index contributed by atoms with van der Waals surface area (Å²) in [5.41, 5.74) is 0.0671. The molecule has 0 aliphatic carbocycles. The summed E-state index contributed by atoms with van der Waals surface area (Å²) >= 11 is 0. The van der Waals surface area contributed by atoms with Crippen molar-refractivity contribution in [1.82, 2.24) is 14.7 Å². The minimum absolute atomic E-state index is 0.177. The molecule has 4 rings (SSSR count). The zero-order valence-corrected chi connectivity index (χ0v) is 17.4. The van der Waals surface area contributed by atoms with E-state index in [9.17, 15) is 13.2 Å². The Morgan fingerprint density at radius 3 is 2.86 bits per heavy atom. The van der Waals surface area contributed by atoms with Gasteiger partial charge in [0.25, 0.3) is 15.9 Å². The largest absolute Gasteiger partial charge is 0.370 e. The lowest BCUT2D eigenvalue weighted by molar-refractivity contribution is 0.0981. The van der Waals surface area contributed by atoms with Gasteiger partial charge in [0.15, 0.2) is 5.03 Å². The van der Waals surface area contributed by atoms with E-state index in [1.165, 1.54) is 6.07 Å². The molecule has 2 aromatic heterocycles. The van der Waals surface area contributed by atoms with Crippen LogP contribution in [-0.2, 0) is 10.0 Å². The fourth-order valence-corrected chi connectivity index (χ4v) is 5.18. The van der Waals surface area contributed by atoms with E-state index in [0.29, 0.717) is 24.1 Å². The van der Waals surface area contributed by atoms with Crippen LogP contribution in [0.1, 0.15) is 43.5 Å². The topological polar surface area (TPSA) is 104 Å². The Hall–Kier alpha value is -2.68. The minimum atomic E-state index is -4.11. The molecule has 2 aliphatic heterocycles. The molecule has 1 amide bonds. The van der Waals surface area contributed by atoms with Crippen molar-refractivity contribution in [2.75, 3.05) is 23.3 Å². The van der Waals surface area contributed by atoms with Gasteiger partial charge >= 0.3 is 0 Å². The van der Waals surface area contributed by atoms with Crippen LogP contribution in [0.3, 0.4) is 0 Å². The number of anilines is 2. The molecule has 0 saturated carbocycles. The van der Waals surface area contributed by atoms with E-state index < -0.39 is 15.9 Å². The van der Waals surface area contributed by atoms with E-state index in [4.69, 9.17) is 0 Å². The van der Waals surface area contributed by atoms with Crippen LogP contribution in [0.2, 0.25) is 0 Å². The number of carbonyl (C=O) groups is 1. The Labute approximate surface area is 170 Å². The number of aromatic nitrogens is 2. The van der Waals surface area contributed by atoms with Gasteiger partial charge in [0.1, 0.15) is 11.6 Å². The second-order valence-electron chi connectivity index (χ2n) is 8.23. The maximum atomic E-state index is 12.9.